The van der Waals surface area contributed by atoms with Crippen LogP contribution in [0.1, 0.15) is 25.6 Å². The van der Waals surface area contributed by atoms with Gasteiger partial charge >= 0.3 is 5.97 Å². The highest BCUT2D eigenvalue weighted by Crippen LogP contribution is 2.25. The Balaban J connectivity index is 1.76. The van der Waals surface area contributed by atoms with E-state index in [0.29, 0.717) is 31.3 Å². The third kappa shape index (κ3) is 3.05. The average Bonchev–Trinajstić information content (AvgIpc) is 2.72. The molecule has 0 aromatic carbocycles. The predicted octanol–water partition coefficient (Wildman–Crippen LogP) is 0.308. The van der Waals surface area contributed by atoms with Crippen molar-refractivity contribution < 1.29 is 19.2 Å². The van der Waals surface area contributed by atoms with Crippen LogP contribution in [0, 0.1) is 0 Å². The number of carboxylic acid groups (broad SMARTS) is 1. The van der Waals surface area contributed by atoms with Gasteiger partial charge in [-0.25, -0.2) is 4.79 Å². The maximum absolute atomic E-state index is 10.4. The molecule has 0 saturated carbocycles. The first-order valence-corrected chi connectivity index (χ1v) is 5.90. The number of aromatic nitrogens is 2. The lowest BCUT2D eigenvalue weighted by molar-refractivity contribution is -0.166. The second kappa shape index (κ2) is 5.03. The number of aryl methyl sites for hydroxylation is 1. The summed E-state index contributed by atoms with van der Waals surface area (Å²) in [5.74, 6) is 0.349. The van der Waals surface area contributed by atoms with Crippen molar-refractivity contribution in [2.45, 2.75) is 32.4 Å². The molecule has 0 unspecified atom stereocenters. The fourth-order valence-corrected chi connectivity index (χ4v) is 2.03. The Hall–Kier alpha value is -1.47. The first-order chi connectivity index (χ1) is 8.50. The molecule has 1 aromatic heterocycles. The van der Waals surface area contributed by atoms with E-state index in [4.69, 9.17) is 14.4 Å². The smallest absolute Gasteiger partial charge is 0.329 e. The van der Waals surface area contributed by atoms with Crippen LogP contribution in [0.15, 0.2) is 4.52 Å². The van der Waals surface area contributed by atoms with Crippen LogP contribution in [0.2, 0.25) is 0 Å². The molecule has 0 radical (unpaired) electrons. The van der Waals surface area contributed by atoms with Crippen LogP contribution in [0.25, 0.3) is 0 Å². The largest absolute Gasteiger partial charge is 0.480 e. The summed E-state index contributed by atoms with van der Waals surface area (Å²) in [6.07, 6.45) is 0.753. The minimum absolute atomic E-state index is 0.259. The highest BCUT2D eigenvalue weighted by molar-refractivity contribution is 5.68. The molecule has 1 aliphatic heterocycles. The van der Waals surface area contributed by atoms with E-state index in [0.717, 1.165) is 6.42 Å². The van der Waals surface area contributed by atoms with Gasteiger partial charge in [-0.2, -0.15) is 4.98 Å². The number of carbonyl (C=O) groups is 1. The molecule has 2 heterocycles. The summed E-state index contributed by atoms with van der Waals surface area (Å²) in [7, 11) is 0. The van der Waals surface area contributed by atoms with Crippen LogP contribution in [0.3, 0.4) is 0 Å². The van der Waals surface area contributed by atoms with Gasteiger partial charge in [0, 0.05) is 19.5 Å². The van der Waals surface area contributed by atoms with Crippen LogP contribution < -0.4 is 0 Å². The molecule has 0 bridgehead atoms. The molecule has 18 heavy (non-hydrogen) atoms. The molecule has 100 valence electrons. The standard InChI is InChI=1S/C11H17N3O4/c1-3-8-12-9(18-13-8)4-14-6-11(2,7-14)17-5-10(15)16/h3-7H2,1-2H3,(H,15,16). The number of carboxylic acids is 1. The summed E-state index contributed by atoms with van der Waals surface area (Å²) in [5.41, 5.74) is -0.383. The molecule has 0 spiro atoms. The van der Waals surface area contributed by atoms with E-state index in [1.165, 1.54) is 0 Å². The normalized spacial score (nSPS) is 18.6. The van der Waals surface area contributed by atoms with E-state index in [1.807, 2.05) is 13.8 Å². The van der Waals surface area contributed by atoms with Gasteiger partial charge in [0.15, 0.2) is 5.82 Å². The lowest BCUT2D eigenvalue weighted by Crippen LogP contribution is -2.61. The van der Waals surface area contributed by atoms with Crippen molar-refractivity contribution in [1.82, 2.24) is 15.0 Å². The van der Waals surface area contributed by atoms with Gasteiger partial charge in [0.05, 0.1) is 12.1 Å². The Bertz CT molecular complexity index is 426. The SMILES string of the molecule is CCc1noc(CN2CC(C)(OCC(=O)O)C2)n1. The maximum Gasteiger partial charge on any atom is 0.329 e. The lowest BCUT2D eigenvalue weighted by Gasteiger charge is -2.46. The molecule has 2 rings (SSSR count). The van der Waals surface area contributed by atoms with Gasteiger partial charge in [-0.15, -0.1) is 0 Å². The van der Waals surface area contributed by atoms with Crippen molar-refractivity contribution in [1.29, 1.82) is 0 Å². The Kier molecular flexibility index (Phi) is 3.63. The second-order valence-electron chi connectivity index (χ2n) is 4.74. The van der Waals surface area contributed by atoms with Crippen molar-refractivity contribution in [3.63, 3.8) is 0 Å². The minimum Gasteiger partial charge on any atom is -0.480 e. The Morgan fingerprint density at radius 1 is 1.61 bits per heavy atom. The van der Waals surface area contributed by atoms with E-state index in [2.05, 4.69) is 15.0 Å². The highest BCUT2D eigenvalue weighted by Gasteiger charge is 2.40. The lowest BCUT2D eigenvalue weighted by atomic mass is 9.96. The number of likely N-dealkylation sites (tertiary alicyclic amines) is 1. The number of nitrogens with zero attached hydrogens (tertiary/aromatic N) is 3. The van der Waals surface area contributed by atoms with Gasteiger partial charge in [-0.3, -0.25) is 4.90 Å². The van der Waals surface area contributed by atoms with Crippen LogP contribution in [0.4, 0.5) is 0 Å². The van der Waals surface area contributed by atoms with Gasteiger partial charge < -0.3 is 14.4 Å². The third-order valence-corrected chi connectivity index (χ3v) is 2.85. The van der Waals surface area contributed by atoms with Gasteiger partial charge in [-0.05, 0) is 6.92 Å². The summed E-state index contributed by atoms with van der Waals surface area (Å²) < 4.78 is 10.4. The summed E-state index contributed by atoms with van der Waals surface area (Å²) >= 11 is 0. The molecule has 1 aliphatic rings. The summed E-state index contributed by atoms with van der Waals surface area (Å²) in [6.45, 7) is 5.53. The number of hydrogen-bond acceptors (Lipinski definition) is 6. The van der Waals surface area contributed by atoms with E-state index < -0.39 is 5.97 Å². The average molecular weight is 255 g/mol. The first-order valence-electron chi connectivity index (χ1n) is 5.90. The van der Waals surface area contributed by atoms with Gasteiger partial charge in [0.2, 0.25) is 5.89 Å². The Morgan fingerprint density at radius 2 is 2.33 bits per heavy atom. The van der Waals surface area contributed by atoms with Crippen molar-refractivity contribution in [2.75, 3.05) is 19.7 Å². The topological polar surface area (TPSA) is 88.7 Å². The molecule has 7 heteroatoms. The molecular weight excluding hydrogens is 238 g/mol. The zero-order chi connectivity index (χ0) is 13.2. The van der Waals surface area contributed by atoms with E-state index in [9.17, 15) is 4.79 Å². The molecule has 1 saturated heterocycles. The van der Waals surface area contributed by atoms with E-state index in [1.54, 1.807) is 0 Å². The van der Waals surface area contributed by atoms with Gasteiger partial charge in [0.25, 0.3) is 0 Å². The Morgan fingerprint density at radius 3 is 2.89 bits per heavy atom. The van der Waals surface area contributed by atoms with Crippen LogP contribution in [-0.4, -0.2) is 51.4 Å². The van der Waals surface area contributed by atoms with Crippen LogP contribution >= 0.6 is 0 Å². The van der Waals surface area contributed by atoms with Crippen molar-refractivity contribution in [2.24, 2.45) is 0 Å². The van der Waals surface area contributed by atoms with E-state index in [-0.39, 0.29) is 12.2 Å². The fourth-order valence-electron chi connectivity index (χ4n) is 2.03. The number of rotatable bonds is 6. The molecule has 0 aliphatic carbocycles. The molecule has 1 fully saturated rings. The number of aliphatic carboxylic acids is 1. The van der Waals surface area contributed by atoms with Crippen LogP contribution in [-0.2, 0) is 22.5 Å². The number of ether oxygens (including phenoxy) is 1. The van der Waals surface area contributed by atoms with Crippen molar-refractivity contribution in [3.05, 3.63) is 11.7 Å². The fraction of sp³-hybridized carbons (Fsp3) is 0.727. The highest BCUT2D eigenvalue weighted by atomic mass is 16.5. The zero-order valence-corrected chi connectivity index (χ0v) is 10.5. The van der Waals surface area contributed by atoms with E-state index >= 15 is 0 Å². The predicted molar refractivity (Wildman–Crippen MR) is 60.9 cm³/mol. The molecule has 1 aromatic rings. The van der Waals surface area contributed by atoms with Crippen LogP contribution in [0.5, 0.6) is 0 Å². The molecular formula is C11H17N3O4. The summed E-state index contributed by atoms with van der Waals surface area (Å²) in [5, 5.41) is 12.4. The minimum atomic E-state index is -0.945. The first kappa shape index (κ1) is 13.0. The third-order valence-electron chi connectivity index (χ3n) is 2.85. The molecule has 0 atom stereocenters. The second-order valence-corrected chi connectivity index (χ2v) is 4.74. The van der Waals surface area contributed by atoms with Crippen molar-refractivity contribution >= 4 is 5.97 Å². The molecule has 1 N–H and O–H groups in total. The summed E-state index contributed by atoms with van der Waals surface area (Å²) in [6, 6.07) is 0. The maximum atomic E-state index is 10.4. The molecule has 7 nitrogen and oxygen atoms in total. The van der Waals surface area contributed by atoms with Gasteiger partial charge in [-0.1, -0.05) is 12.1 Å². The zero-order valence-electron chi connectivity index (χ0n) is 10.5. The number of hydrogen-bond donors (Lipinski definition) is 1. The molecule has 0 amide bonds. The Labute approximate surface area is 105 Å². The van der Waals surface area contributed by atoms with Crippen molar-refractivity contribution in [3.8, 4) is 0 Å². The monoisotopic (exact) mass is 255 g/mol. The van der Waals surface area contributed by atoms with Gasteiger partial charge in [0.1, 0.15) is 6.61 Å². The summed E-state index contributed by atoms with van der Waals surface area (Å²) in [4.78, 5) is 16.7. The quantitative estimate of drug-likeness (QED) is 0.782.